The fraction of sp³-hybridized carbons (Fsp3) is 0.318. The molecule has 1 aromatic carbocycles. The van der Waals surface area contributed by atoms with Crippen LogP contribution in [0.5, 0.6) is 5.75 Å². The van der Waals surface area contributed by atoms with Crippen LogP contribution in [-0.2, 0) is 0 Å². The number of halogens is 1. The summed E-state index contributed by atoms with van der Waals surface area (Å²) in [5, 5.41) is 27.3. The lowest BCUT2D eigenvalue weighted by molar-refractivity contribution is 0.477. The summed E-state index contributed by atoms with van der Waals surface area (Å²) in [6.45, 7) is 6.08. The van der Waals surface area contributed by atoms with E-state index in [0.29, 0.717) is 29.3 Å². The van der Waals surface area contributed by atoms with Crippen LogP contribution < -0.4 is 10.2 Å². The molecule has 1 unspecified atom stereocenters. The van der Waals surface area contributed by atoms with Crippen molar-refractivity contribution in [1.29, 1.82) is 0 Å². The zero-order valence-corrected chi connectivity index (χ0v) is 18.7. The third-order valence-electron chi connectivity index (χ3n) is 5.41. The van der Waals surface area contributed by atoms with E-state index in [0.717, 1.165) is 36.4 Å². The molecular weight excluding hydrogens is 428 g/mol. The topological polar surface area (TPSA) is 104 Å². The minimum absolute atomic E-state index is 0. The summed E-state index contributed by atoms with van der Waals surface area (Å²) in [5.74, 6) is 0.724. The van der Waals surface area contributed by atoms with Gasteiger partial charge in [-0.2, -0.15) is 5.10 Å². The Hall–Kier alpha value is -3.30. The zero-order valence-electron chi connectivity index (χ0n) is 17.9. The first-order valence-corrected chi connectivity index (χ1v) is 10.4. The standard InChI is InChI=1S/C22H24N8O.ClH/c1-14(2)25-16-7-9-29(13-16)22-24-12-19(26-27-22)17-4-3-15(11-20(17)31)18-5-6-21-23-8-10-30(21)28-18;/h3-6,8,10-12,14,16,25,31H,7,9,13H2,1-2H3;1H. The Morgan fingerprint density at radius 1 is 1.09 bits per heavy atom. The van der Waals surface area contributed by atoms with Gasteiger partial charge in [0.25, 0.3) is 0 Å². The van der Waals surface area contributed by atoms with Gasteiger partial charge in [0.2, 0.25) is 5.95 Å². The summed E-state index contributed by atoms with van der Waals surface area (Å²) in [6.07, 6.45) is 6.21. The molecule has 0 aliphatic carbocycles. The number of hydrogen-bond acceptors (Lipinski definition) is 8. The van der Waals surface area contributed by atoms with Crippen LogP contribution in [-0.4, -0.2) is 60.1 Å². The van der Waals surface area contributed by atoms with E-state index < -0.39 is 0 Å². The molecule has 1 fully saturated rings. The average Bonchev–Trinajstić information content (AvgIpc) is 3.42. The molecule has 0 radical (unpaired) electrons. The van der Waals surface area contributed by atoms with Crippen LogP contribution in [0.3, 0.4) is 0 Å². The van der Waals surface area contributed by atoms with Gasteiger partial charge in [-0.15, -0.1) is 22.6 Å². The molecule has 1 atom stereocenters. The molecule has 10 heteroatoms. The highest BCUT2D eigenvalue weighted by atomic mass is 35.5. The predicted molar refractivity (Wildman–Crippen MR) is 125 cm³/mol. The Bertz CT molecular complexity index is 1210. The van der Waals surface area contributed by atoms with Crippen molar-refractivity contribution in [3.63, 3.8) is 0 Å². The van der Waals surface area contributed by atoms with E-state index in [-0.39, 0.29) is 18.2 Å². The van der Waals surface area contributed by atoms with Gasteiger partial charge in [0.1, 0.15) is 11.4 Å². The van der Waals surface area contributed by atoms with Crippen molar-refractivity contribution >= 4 is 24.0 Å². The second-order valence-electron chi connectivity index (χ2n) is 8.08. The molecule has 1 aliphatic rings. The fourth-order valence-corrected chi connectivity index (χ4v) is 3.96. The SMILES string of the molecule is CC(C)NC1CCN(c2ncc(-c3ccc(-c4ccc5nccn5n4)cc3O)nn2)C1.Cl. The van der Waals surface area contributed by atoms with Gasteiger partial charge in [-0.3, -0.25) is 0 Å². The van der Waals surface area contributed by atoms with E-state index in [9.17, 15) is 5.11 Å². The Kier molecular flexibility index (Phi) is 6.20. The van der Waals surface area contributed by atoms with Crippen LogP contribution in [0.1, 0.15) is 20.3 Å². The molecule has 1 aliphatic heterocycles. The monoisotopic (exact) mass is 452 g/mol. The van der Waals surface area contributed by atoms with Gasteiger partial charge in [-0.25, -0.2) is 14.5 Å². The average molecular weight is 453 g/mol. The first-order chi connectivity index (χ1) is 15.1. The van der Waals surface area contributed by atoms with Crippen molar-refractivity contribution in [3.8, 4) is 28.3 Å². The molecule has 0 bridgehead atoms. The van der Waals surface area contributed by atoms with E-state index in [1.165, 1.54) is 0 Å². The Morgan fingerprint density at radius 2 is 1.97 bits per heavy atom. The zero-order chi connectivity index (χ0) is 21.4. The number of aromatic hydroxyl groups is 1. The largest absolute Gasteiger partial charge is 0.507 e. The summed E-state index contributed by atoms with van der Waals surface area (Å²) in [6, 6.07) is 10.1. The maximum Gasteiger partial charge on any atom is 0.245 e. The summed E-state index contributed by atoms with van der Waals surface area (Å²) in [7, 11) is 0. The lowest BCUT2D eigenvalue weighted by Gasteiger charge is -2.18. The van der Waals surface area contributed by atoms with Gasteiger partial charge in [0.05, 0.1) is 11.9 Å². The normalized spacial score (nSPS) is 16.0. The third-order valence-corrected chi connectivity index (χ3v) is 5.41. The van der Waals surface area contributed by atoms with Gasteiger partial charge in [-0.1, -0.05) is 19.9 Å². The van der Waals surface area contributed by atoms with E-state index in [1.807, 2.05) is 24.3 Å². The number of hydrogen-bond donors (Lipinski definition) is 2. The number of rotatable bonds is 5. The number of imidazole rings is 1. The van der Waals surface area contributed by atoms with Crippen LogP contribution in [0.25, 0.3) is 28.2 Å². The first kappa shape index (κ1) is 21.9. The van der Waals surface area contributed by atoms with Crippen molar-refractivity contribution < 1.29 is 5.11 Å². The molecule has 9 nitrogen and oxygen atoms in total. The highest BCUT2D eigenvalue weighted by Gasteiger charge is 2.25. The van der Waals surface area contributed by atoms with Crippen LogP contribution in [0, 0.1) is 0 Å². The van der Waals surface area contributed by atoms with Crippen LogP contribution in [0.4, 0.5) is 5.95 Å². The summed E-state index contributed by atoms with van der Waals surface area (Å²) in [4.78, 5) is 10.8. The number of phenols is 1. The molecule has 4 heterocycles. The van der Waals surface area contributed by atoms with Crippen LogP contribution in [0.15, 0.2) is 48.9 Å². The first-order valence-electron chi connectivity index (χ1n) is 10.4. The molecular formula is C22H25ClN8O. The number of nitrogens with zero attached hydrogens (tertiary/aromatic N) is 7. The van der Waals surface area contributed by atoms with Crippen molar-refractivity contribution in [2.24, 2.45) is 0 Å². The van der Waals surface area contributed by atoms with Crippen LogP contribution in [0.2, 0.25) is 0 Å². The predicted octanol–water partition coefficient (Wildman–Crippen LogP) is 2.95. The highest BCUT2D eigenvalue weighted by Crippen LogP contribution is 2.31. The van der Waals surface area contributed by atoms with Crippen molar-refractivity contribution in [2.45, 2.75) is 32.4 Å². The maximum atomic E-state index is 10.6. The Balaban J connectivity index is 0.00000245. The van der Waals surface area contributed by atoms with Crippen molar-refractivity contribution in [3.05, 3.63) is 48.9 Å². The number of anilines is 1. The Morgan fingerprint density at radius 3 is 2.72 bits per heavy atom. The number of phenolic OH excluding ortho intramolecular Hbond substituents is 1. The van der Waals surface area contributed by atoms with Crippen molar-refractivity contribution in [2.75, 3.05) is 18.0 Å². The number of nitrogens with one attached hydrogen (secondary N) is 1. The summed E-state index contributed by atoms with van der Waals surface area (Å²) in [5.41, 5.74) is 3.43. The van der Waals surface area contributed by atoms with E-state index in [1.54, 1.807) is 29.2 Å². The molecule has 3 aromatic heterocycles. The second-order valence-corrected chi connectivity index (χ2v) is 8.08. The minimum Gasteiger partial charge on any atom is -0.507 e. The molecule has 4 aromatic rings. The number of benzene rings is 1. The van der Waals surface area contributed by atoms with Gasteiger partial charge in [0, 0.05) is 48.7 Å². The lowest BCUT2D eigenvalue weighted by Crippen LogP contribution is -2.37. The lowest BCUT2D eigenvalue weighted by atomic mass is 10.1. The number of aromatic nitrogens is 6. The molecule has 0 amide bonds. The van der Waals surface area contributed by atoms with E-state index >= 15 is 0 Å². The Labute approximate surface area is 192 Å². The van der Waals surface area contributed by atoms with Crippen LogP contribution >= 0.6 is 12.4 Å². The molecule has 2 N–H and O–H groups in total. The van der Waals surface area contributed by atoms with Gasteiger partial charge in [0.15, 0.2) is 5.65 Å². The second kappa shape index (κ2) is 9.05. The minimum atomic E-state index is 0. The fourth-order valence-electron chi connectivity index (χ4n) is 3.96. The number of fused-ring (bicyclic) bond motifs is 1. The maximum absolute atomic E-state index is 10.6. The smallest absolute Gasteiger partial charge is 0.245 e. The van der Waals surface area contributed by atoms with Crippen molar-refractivity contribution in [1.82, 2.24) is 35.1 Å². The van der Waals surface area contributed by atoms with Gasteiger partial charge >= 0.3 is 0 Å². The molecule has 166 valence electrons. The van der Waals surface area contributed by atoms with E-state index in [4.69, 9.17) is 0 Å². The molecule has 32 heavy (non-hydrogen) atoms. The molecule has 1 saturated heterocycles. The molecule has 0 spiro atoms. The summed E-state index contributed by atoms with van der Waals surface area (Å²) < 4.78 is 1.70. The van der Waals surface area contributed by atoms with Gasteiger partial charge in [-0.05, 0) is 30.7 Å². The molecule has 5 rings (SSSR count). The third kappa shape index (κ3) is 4.35. The van der Waals surface area contributed by atoms with E-state index in [2.05, 4.69) is 49.3 Å². The highest BCUT2D eigenvalue weighted by molar-refractivity contribution is 5.85. The summed E-state index contributed by atoms with van der Waals surface area (Å²) >= 11 is 0. The quantitative estimate of drug-likeness (QED) is 0.476. The molecule has 0 saturated carbocycles. The van der Waals surface area contributed by atoms with Gasteiger partial charge < -0.3 is 15.3 Å².